The lowest BCUT2D eigenvalue weighted by Crippen LogP contribution is -2.10. The number of pyridine rings is 1. The Labute approximate surface area is 90.0 Å². The summed E-state index contributed by atoms with van der Waals surface area (Å²) in [6.45, 7) is 7.87. The average molecular weight is 208 g/mol. The van der Waals surface area contributed by atoms with Crippen molar-refractivity contribution in [3.8, 4) is 0 Å². The van der Waals surface area contributed by atoms with Crippen LogP contribution in [0.1, 0.15) is 31.7 Å². The predicted octanol–water partition coefficient (Wildman–Crippen LogP) is 3.12. The molecule has 0 saturated carbocycles. The van der Waals surface area contributed by atoms with E-state index >= 15 is 0 Å². The Hall–Kier alpha value is -1.38. The van der Waals surface area contributed by atoms with Crippen molar-refractivity contribution < 1.29 is 4.39 Å². The zero-order chi connectivity index (χ0) is 11.4. The zero-order valence-corrected chi connectivity index (χ0v) is 9.20. The maximum absolute atomic E-state index is 13.1. The number of aromatic nitrogens is 1. The highest BCUT2D eigenvalue weighted by atomic mass is 19.1. The summed E-state index contributed by atoms with van der Waals surface area (Å²) < 4.78 is 13.1. The molecule has 15 heavy (non-hydrogen) atoms. The lowest BCUT2D eigenvalue weighted by molar-refractivity contribution is 0.498. The molecule has 0 saturated heterocycles. The third-order valence-electron chi connectivity index (χ3n) is 2.54. The van der Waals surface area contributed by atoms with Crippen molar-refractivity contribution >= 4 is 5.82 Å². The number of nitrogens with zero attached hydrogens (tertiary/aromatic N) is 1. The molecule has 1 unspecified atom stereocenters. The van der Waals surface area contributed by atoms with Crippen molar-refractivity contribution in [3.05, 3.63) is 36.3 Å². The van der Waals surface area contributed by atoms with Crippen molar-refractivity contribution in [2.45, 2.75) is 26.2 Å². The summed E-state index contributed by atoms with van der Waals surface area (Å²) >= 11 is 0. The maximum atomic E-state index is 13.1. The number of allylic oxidation sites excluding steroid dienone is 1. The summed E-state index contributed by atoms with van der Waals surface area (Å²) in [5.74, 6) is 0.644. The number of rotatable bonds is 4. The molecule has 1 atom stereocenters. The first-order valence-electron chi connectivity index (χ1n) is 5.08. The maximum Gasteiger partial charge on any atom is 0.141 e. The van der Waals surface area contributed by atoms with Crippen LogP contribution >= 0.6 is 0 Å². The molecule has 0 radical (unpaired) electrons. The quantitative estimate of drug-likeness (QED) is 0.772. The van der Waals surface area contributed by atoms with Gasteiger partial charge in [-0.1, -0.05) is 19.9 Å². The molecular weight excluding hydrogens is 191 g/mol. The number of halogens is 1. The van der Waals surface area contributed by atoms with E-state index in [9.17, 15) is 4.39 Å². The van der Waals surface area contributed by atoms with Gasteiger partial charge in [-0.3, -0.25) is 0 Å². The zero-order valence-electron chi connectivity index (χ0n) is 9.20. The number of hydrogen-bond acceptors (Lipinski definition) is 2. The topological polar surface area (TPSA) is 38.9 Å². The summed E-state index contributed by atoms with van der Waals surface area (Å²) in [6, 6.07) is 1.47. The Morgan fingerprint density at radius 2 is 2.27 bits per heavy atom. The van der Waals surface area contributed by atoms with Gasteiger partial charge >= 0.3 is 0 Å². The Kier molecular flexibility index (Phi) is 3.83. The first kappa shape index (κ1) is 11.7. The van der Waals surface area contributed by atoms with Crippen molar-refractivity contribution in [2.24, 2.45) is 5.92 Å². The van der Waals surface area contributed by atoms with E-state index in [0.717, 1.165) is 18.2 Å². The van der Waals surface area contributed by atoms with Crippen LogP contribution in [-0.4, -0.2) is 4.98 Å². The standard InChI is InChI=1S/C12H17FN2/c1-4-5-10(8(2)3)11-6-9(13)7-15-12(11)14/h4,6-8,10H,1,5H2,2-3H3,(H2,14,15). The van der Waals surface area contributed by atoms with Crippen LogP contribution in [0.2, 0.25) is 0 Å². The molecule has 2 N–H and O–H groups in total. The van der Waals surface area contributed by atoms with Crippen LogP contribution in [0.3, 0.4) is 0 Å². The summed E-state index contributed by atoms with van der Waals surface area (Å²) in [6.07, 6.45) is 3.76. The minimum atomic E-state index is -0.339. The second-order valence-corrected chi connectivity index (χ2v) is 4.00. The highest BCUT2D eigenvalue weighted by Crippen LogP contribution is 2.31. The van der Waals surface area contributed by atoms with E-state index in [1.165, 1.54) is 6.07 Å². The van der Waals surface area contributed by atoms with E-state index in [2.05, 4.69) is 25.4 Å². The van der Waals surface area contributed by atoms with E-state index in [4.69, 9.17) is 5.73 Å². The first-order chi connectivity index (χ1) is 7.06. The van der Waals surface area contributed by atoms with Gasteiger partial charge in [-0.15, -0.1) is 6.58 Å². The molecule has 82 valence electrons. The van der Waals surface area contributed by atoms with Crippen LogP contribution < -0.4 is 5.73 Å². The van der Waals surface area contributed by atoms with Gasteiger partial charge in [0.2, 0.25) is 0 Å². The Bertz CT molecular complexity index is 347. The normalized spacial score (nSPS) is 12.8. The Balaban J connectivity index is 3.09. The van der Waals surface area contributed by atoms with Crippen molar-refractivity contribution in [1.29, 1.82) is 0 Å². The number of anilines is 1. The summed E-state index contributed by atoms with van der Waals surface area (Å²) in [5.41, 5.74) is 6.53. The predicted molar refractivity (Wildman–Crippen MR) is 61.0 cm³/mol. The fourth-order valence-electron chi connectivity index (χ4n) is 1.70. The van der Waals surface area contributed by atoms with Gasteiger partial charge in [0.15, 0.2) is 0 Å². The SMILES string of the molecule is C=CCC(c1cc(F)cnc1N)C(C)C. The van der Waals surface area contributed by atoms with Gasteiger partial charge in [0, 0.05) is 5.56 Å². The van der Waals surface area contributed by atoms with E-state index in [1.54, 1.807) is 0 Å². The minimum absolute atomic E-state index is 0.186. The van der Waals surface area contributed by atoms with Crippen LogP contribution in [0.4, 0.5) is 10.2 Å². The van der Waals surface area contributed by atoms with Gasteiger partial charge in [-0.2, -0.15) is 0 Å². The molecule has 0 aliphatic heterocycles. The number of nitrogens with two attached hydrogens (primary N) is 1. The molecule has 0 bridgehead atoms. The first-order valence-corrected chi connectivity index (χ1v) is 5.08. The van der Waals surface area contributed by atoms with Gasteiger partial charge in [0.1, 0.15) is 11.6 Å². The molecule has 0 aliphatic rings. The largest absolute Gasteiger partial charge is 0.383 e. The molecule has 2 nitrogen and oxygen atoms in total. The molecule has 0 spiro atoms. The van der Waals surface area contributed by atoms with Gasteiger partial charge < -0.3 is 5.73 Å². The molecule has 0 aliphatic carbocycles. The smallest absolute Gasteiger partial charge is 0.141 e. The van der Waals surface area contributed by atoms with Crippen LogP contribution in [-0.2, 0) is 0 Å². The van der Waals surface area contributed by atoms with Crippen LogP contribution in [0.5, 0.6) is 0 Å². The van der Waals surface area contributed by atoms with Gasteiger partial charge in [-0.05, 0) is 24.3 Å². The van der Waals surface area contributed by atoms with Crippen LogP contribution in [0.25, 0.3) is 0 Å². The van der Waals surface area contributed by atoms with Gasteiger partial charge in [0.25, 0.3) is 0 Å². The Morgan fingerprint density at radius 1 is 1.60 bits per heavy atom. The average Bonchev–Trinajstić information content (AvgIpc) is 2.18. The highest BCUT2D eigenvalue weighted by molar-refractivity contribution is 5.42. The molecule has 3 heteroatoms. The molecule has 1 aromatic heterocycles. The van der Waals surface area contributed by atoms with Crippen LogP contribution in [0, 0.1) is 11.7 Å². The highest BCUT2D eigenvalue weighted by Gasteiger charge is 2.18. The van der Waals surface area contributed by atoms with Crippen LogP contribution in [0.15, 0.2) is 24.9 Å². The third-order valence-corrected chi connectivity index (χ3v) is 2.54. The molecule has 1 aromatic rings. The molecule has 0 fully saturated rings. The second kappa shape index (κ2) is 4.91. The van der Waals surface area contributed by atoms with Gasteiger partial charge in [0.05, 0.1) is 6.20 Å². The van der Waals surface area contributed by atoms with Crippen molar-refractivity contribution in [3.63, 3.8) is 0 Å². The summed E-state index contributed by atoms with van der Waals surface area (Å²) in [4.78, 5) is 3.83. The lowest BCUT2D eigenvalue weighted by Gasteiger charge is -2.20. The van der Waals surface area contributed by atoms with E-state index in [1.807, 2.05) is 6.08 Å². The monoisotopic (exact) mass is 208 g/mol. The van der Waals surface area contributed by atoms with E-state index in [-0.39, 0.29) is 11.7 Å². The second-order valence-electron chi connectivity index (χ2n) is 4.00. The molecule has 1 rings (SSSR count). The minimum Gasteiger partial charge on any atom is -0.383 e. The molecule has 0 amide bonds. The van der Waals surface area contributed by atoms with E-state index < -0.39 is 0 Å². The van der Waals surface area contributed by atoms with Crippen molar-refractivity contribution in [2.75, 3.05) is 5.73 Å². The Morgan fingerprint density at radius 3 is 2.80 bits per heavy atom. The fourth-order valence-corrected chi connectivity index (χ4v) is 1.70. The summed E-state index contributed by atoms with van der Waals surface area (Å²) in [5, 5.41) is 0. The summed E-state index contributed by atoms with van der Waals surface area (Å²) in [7, 11) is 0. The molecule has 1 heterocycles. The van der Waals surface area contributed by atoms with Gasteiger partial charge in [-0.25, -0.2) is 9.37 Å². The number of nitrogen functional groups attached to an aromatic ring is 1. The third kappa shape index (κ3) is 2.78. The molecular formula is C12H17FN2. The van der Waals surface area contributed by atoms with E-state index in [0.29, 0.717) is 11.7 Å². The number of hydrogen-bond donors (Lipinski definition) is 1. The fraction of sp³-hybridized carbons (Fsp3) is 0.417. The van der Waals surface area contributed by atoms with Crippen molar-refractivity contribution in [1.82, 2.24) is 4.98 Å². The molecule has 0 aromatic carbocycles. The lowest BCUT2D eigenvalue weighted by atomic mass is 9.86.